The van der Waals surface area contributed by atoms with Gasteiger partial charge in [0.15, 0.2) is 11.5 Å². The number of benzene rings is 2. The fourth-order valence-corrected chi connectivity index (χ4v) is 9.48. The molecule has 2 bridgehead atoms. The number of unbranched alkanes of at least 4 members (excludes halogenated alkanes) is 5. The van der Waals surface area contributed by atoms with Crippen LogP contribution in [0.4, 0.5) is 0 Å². The lowest BCUT2D eigenvalue weighted by Crippen LogP contribution is -2.78. The van der Waals surface area contributed by atoms with Crippen LogP contribution in [-0.4, -0.2) is 70.0 Å². The van der Waals surface area contributed by atoms with Crippen LogP contribution in [-0.2, 0) is 18.3 Å². The number of aliphatic hydroxyl groups is 1. The first kappa shape index (κ1) is 28.7. The van der Waals surface area contributed by atoms with Crippen molar-refractivity contribution in [2.75, 3.05) is 26.2 Å². The molecule has 1 spiro atoms. The molecule has 5 nitrogen and oxygen atoms in total. The van der Waals surface area contributed by atoms with Gasteiger partial charge >= 0.3 is 0 Å². The molecule has 3 fully saturated rings. The molecular weight excluding hydrogens is 520 g/mol. The Balaban J connectivity index is 1.11. The molecule has 3 aliphatic carbocycles. The van der Waals surface area contributed by atoms with E-state index in [-0.39, 0.29) is 23.9 Å². The van der Waals surface area contributed by atoms with Crippen LogP contribution in [0.2, 0.25) is 0 Å². The normalized spacial score (nSPS) is 31.3. The van der Waals surface area contributed by atoms with E-state index in [2.05, 4.69) is 53.1 Å². The Labute approximate surface area is 253 Å². The summed E-state index contributed by atoms with van der Waals surface area (Å²) < 4.78 is 6.93. The molecule has 42 heavy (non-hydrogen) atoms. The Hall–Kier alpha value is -2.08. The zero-order valence-corrected chi connectivity index (χ0v) is 25.8. The second-order valence-electron chi connectivity index (χ2n) is 14.3. The van der Waals surface area contributed by atoms with Crippen LogP contribution >= 0.6 is 0 Å². The number of nitrogens with zero attached hydrogens (tertiary/aromatic N) is 2. The third-order valence-electron chi connectivity index (χ3n) is 11.8. The summed E-state index contributed by atoms with van der Waals surface area (Å²) in [6, 6.07) is 15.3. The number of likely N-dealkylation sites (tertiary alicyclic amines) is 1. The number of phenolic OH excluding ortho intramolecular Hbond substituents is 1. The molecule has 5 aliphatic rings. The van der Waals surface area contributed by atoms with Crippen LogP contribution in [0, 0.1) is 5.92 Å². The summed E-state index contributed by atoms with van der Waals surface area (Å²) in [4.78, 5) is 5.39. The van der Waals surface area contributed by atoms with Gasteiger partial charge in [0.05, 0.1) is 11.0 Å². The molecule has 5 atom stereocenters. The Morgan fingerprint density at radius 1 is 0.929 bits per heavy atom. The standard InChI is InChI=1S/C37H52N2O3/c1-2-3-10-22-38(23-11-5-4-7-12-27-13-8-6-9-14-27)30-19-20-37(41)32-25-29-17-18-31(40)34-33(29)36(37,35(30)42-34)21-24-39(32)26-28-15-16-28/h6,8-9,13-14,17-18,28,30,32,35,40-41H,2-5,7,10-12,15-16,19-26H2,1H3/t30-,32+,35-,36-,37+/m0/s1. The highest BCUT2D eigenvalue weighted by atomic mass is 16.5. The van der Waals surface area contributed by atoms with Crippen molar-refractivity contribution in [2.24, 2.45) is 5.92 Å². The van der Waals surface area contributed by atoms with Crippen LogP contribution in [0.5, 0.6) is 11.5 Å². The molecule has 0 unspecified atom stereocenters. The van der Waals surface area contributed by atoms with Gasteiger partial charge < -0.3 is 14.9 Å². The fourth-order valence-electron chi connectivity index (χ4n) is 9.48. The van der Waals surface area contributed by atoms with Crippen molar-refractivity contribution in [1.82, 2.24) is 9.80 Å². The third kappa shape index (κ3) is 4.88. The topological polar surface area (TPSA) is 56.2 Å². The van der Waals surface area contributed by atoms with Crippen LogP contribution < -0.4 is 4.74 Å². The Morgan fingerprint density at radius 3 is 2.50 bits per heavy atom. The minimum Gasteiger partial charge on any atom is -0.504 e. The maximum Gasteiger partial charge on any atom is 0.165 e. The monoisotopic (exact) mass is 572 g/mol. The number of piperidine rings is 1. The van der Waals surface area contributed by atoms with Gasteiger partial charge in [0.25, 0.3) is 0 Å². The van der Waals surface area contributed by atoms with E-state index in [0.29, 0.717) is 5.75 Å². The summed E-state index contributed by atoms with van der Waals surface area (Å²) in [5.41, 5.74) is 2.71. The number of ether oxygens (including phenoxy) is 1. The average molecular weight is 573 g/mol. The molecule has 5 heteroatoms. The lowest BCUT2D eigenvalue weighted by atomic mass is 9.48. The van der Waals surface area contributed by atoms with Crippen LogP contribution in [0.1, 0.15) is 101 Å². The second-order valence-corrected chi connectivity index (χ2v) is 14.3. The van der Waals surface area contributed by atoms with E-state index >= 15 is 0 Å². The summed E-state index contributed by atoms with van der Waals surface area (Å²) in [5.74, 6) is 1.76. The minimum absolute atomic E-state index is 0.0936. The van der Waals surface area contributed by atoms with E-state index in [0.717, 1.165) is 63.3 Å². The predicted octanol–water partition coefficient (Wildman–Crippen LogP) is 6.62. The highest BCUT2D eigenvalue weighted by molar-refractivity contribution is 5.62. The predicted molar refractivity (Wildman–Crippen MR) is 168 cm³/mol. The number of rotatable bonds is 14. The number of aromatic hydroxyl groups is 1. The van der Waals surface area contributed by atoms with Gasteiger partial charge in [-0.2, -0.15) is 0 Å². The van der Waals surface area contributed by atoms with E-state index < -0.39 is 11.0 Å². The zero-order chi connectivity index (χ0) is 28.7. The molecule has 2 aromatic rings. The third-order valence-corrected chi connectivity index (χ3v) is 11.8. The summed E-state index contributed by atoms with van der Waals surface area (Å²) in [7, 11) is 0. The van der Waals surface area contributed by atoms with E-state index in [1.54, 1.807) is 0 Å². The van der Waals surface area contributed by atoms with E-state index in [4.69, 9.17) is 4.74 Å². The molecule has 2 aliphatic heterocycles. The van der Waals surface area contributed by atoms with Crippen molar-refractivity contribution in [3.8, 4) is 11.5 Å². The molecule has 2 heterocycles. The highest BCUT2D eigenvalue weighted by Gasteiger charge is 2.73. The first-order valence-electron chi connectivity index (χ1n) is 17.3. The van der Waals surface area contributed by atoms with Gasteiger partial charge in [-0.15, -0.1) is 0 Å². The van der Waals surface area contributed by atoms with Gasteiger partial charge in [0, 0.05) is 24.2 Å². The fraction of sp³-hybridized carbons (Fsp3) is 0.676. The lowest BCUT2D eigenvalue weighted by molar-refractivity contribution is -0.200. The summed E-state index contributed by atoms with van der Waals surface area (Å²) >= 11 is 0. The molecule has 2 saturated carbocycles. The second kappa shape index (κ2) is 11.8. The van der Waals surface area contributed by atoms with Crippen molar-refractivity contribution in [1.29, 1.82) is 0 Å². The number of hydrogen-bond acceptors (Lipinski definition) is 5. The molecule has 0 radical (unpaired) electrons. The van der Waals surface area contributed by atoms with Gasteiger partial charge in [-0.25, -0.2) is 0 Å². The highest BCUT2D eigenvalue weighted by Crippen LogP contribution is 2.66. The Kier molecular flexibility index (Phi) is 8.04. The molecule has 0 amide bonds. The Bertz CT molecular complexity index is 1230. The van der Waals surface area contributed by atoms with Gasteiger partial charge in [-0.3, -0.25) is 9.80 Å². The molecule has 7 rings (SSSR count). The SMILES string of the molecule is CCCCCN(CCCCCCc1ccccc1)[C@H]1CC[C@@]2(O)[C@H]3Cc4ccc(O)c5c4[C@@]2(CCN3CC2CC2)[C@H]1O5. The molecule has 228 valence electrons. The summed E-state index contributed by atoms with van der Waals surface area (Å²) in [6.07, 6.45) is 16.1. The maximum absolute atomic E-state index is 12.9. The Morgan fingerprint density at radius 2 is 1.71 bits per heavy atom. The van der Waals surface area contributed by atoms with Gasteiger partial charge in [0.2, 0.25) is 0 Å². The first-order chi connectivity index (χ1) is 20.5. The van der Waals surface area contributed by atoms with Crippen molar-refractivity contribution in [2.45, 2.75) is 126 Å². The smallest absolute Gasteiger partial charge is 0.165 e. The quantitative estimate of drug-likeness (QED) is 0.249. The molecule has 1 saturated heterocycles. The van der Waals surface area contributed by atoms with Crippen molar-refractivity contribution < 1.29 is 14.9 Å². The van der Waals surface area contributed by atoms with Gasteiger partial charge in [0.1, 0.15) is 6.10 Å². The minimum atomic E-state index is -0.792. The molecular formula is C37H52N2O3. The summed E-state index contributed by atoms with van der Waals surface area (Å²) in [5, 5.41) is 23.9. The van der Waals surface area contributed by atoms with E-state index in [1.165, 1.54) is 75.3 Å². The zero-order valence-electron chi connectivity index (χ0n) is 25.8. The van der Waals surface area contributed by atoms with Crippen LogP contribution in [0.3, 0.4) is 0 Å². The van der Waals surface area contributed by atoms with Gasteiger partial charge in [-0.1, -0.05) is 69.0 Å². The molecule has 2 aromatic carbocycles. The maximum atomic E-state index is 12.9. The lowest BCUT2D eigenvalue weighted by Gasteiger charge is -2.65. The van der Waals surface area contributed by atoms with Gasteiger partial charge in [-0.05, 0) is 107 Å². The number of hydrogen-bond donors (Lipinski definition) is 2. The largest absolute Gasteiger partial charge is 0.504 e. The summed E-state index contributed by atoms with van der Waals surface area (Å²) in [6.45, 7) is 6.65. The molecule has 2 N–H and O–H groups in total. The number of aryl methyl sites for hydroxylation is 1. The van der Waals surface area contributed by atoms with Crippen molar-refractivity contribution in [3.63, 3.8) is 0 Å². The van der Waals surface area contributed by atoms with E-state index in [1.807, 2.05) is 6.07 Å². The number of phenols is 1. The van der Waals surface area contributed by atoms with Crippen LogP contribution in [0.15, 0.2) is 42.5 Å². The molecule has 0 aromatic heterocycles. The van der Waals surface area contributed by atoms with E-state index in [9.17, 15) is 10.2 Å². The van der Waals surface area contributed by atoms with Crippen molar-refractivity contribution >= 4 is 0 Å². The first-order valence-corrected chi connectivity index (χ1v) is 17.3. The van der Waals surface area contributed by atoms with Crippen molar-refractivity contribution in [3.05, 3.63) is 59.2 Å². The average Bonchev–Trinajstić information content (AvgIpc) is 3.74. The van der Waals surface area contributed by atoms with Crippen LogP contribution in [0.25, 0.3) is 0 Å².